The van der Waals surface area contributed by atoms with Crippen molar-refractivity contribution < 1.29 is 19.4 Å². The lowest BCUT2D eigenvalue weighted by molar-refractivity contribution is 0.0175. The topological polar surface area (TPSA) is 71.0 Å². The molecule has 24 heavy (non-hydrogen) atoms. The van der Waals surface area contributed by atoms with E-state index in [1.807, 2.05) is 35.2 Å². The van der Waals surface area contributed by atoms with Gasteiger partial charge in [-0.2, -0.15) is 0 Å². The van der Waals surface area contributed by atoms with Crippen LogP contribution in [0.1, 0.15) is 23.2 Å². The summed E-state index contributed by atoms with van der Waals surface area (Å²) in [4.78, 5) is 14.4. The Morgan fingerprint density at radius 2 is 1.79 bits per heavy atom. The largest absolute Gasteiger partial charge is 0.388 e. The van der Waals surface area contributed by atoms with Crippen molar-refractivity contribution in [3.63, 3.8) is 0 Å². The molecule has 0 radical (unpaired) electrons. The second-order valence-corrected chi connectivity index (χ2v) is 6.87. The van der Waals surface area contributed by atoms with Gasteiger partial charge in [-0.15, -0.1) is 0 Å². The van der Waals surface area contributed by atoms with Gasteiger partial charge in [-0.25, -0.2) is 0 Å². The van der Waals surface area contributed by atoms with E-state index in [1.165, 1.54) is 0 Å². The number of carbonyl (C=O) groups is 1. The highest BCUT2D eigenvalue weighted by Gasteiger charge is 2.47. The molecular formula is C18H24N2O4. The van der Waals surface area contributed by atoms with E-state index in [2.05, 4.69) is 5.32 Å². The van der Waals surface area contributed by atoms with Crippen LogP contribution in [0.3, 0.4) is 0 Å². The molecule has 2 N–H and O–H groups in total. The van der Waals surface area contributed by atoms with Gasteiger partial charge in [-0.05, 0) is 25.0 Å². The molecule has 3 heterocycles. The monoisotopic (exact) mass is 332 g/mol. The Kier molecular flexibility index (Phi) is 4.54. The summed E-state index contributed by atoms with van der Waals surface area (Å²) in [7, 11) is 0. The number of fused-ring (bicyclic) bond motifs is 1. The maximum absolute atomic E-state index is 12.5. The summed E-state index contributed by atoms with van der Waals surface area (Å²) in [5.74, 6) is 0.112. The Morgan fingerprint density at radius 3 is 2.54 bits per heavy atom. The first-order valence-electron chi connectivity index (χ1n) is 8.74. The molecule has 0 aromatic heterocycles. The number of nitrogens with one attached hydrogen (secondary N) is 1. The van der Waals surface area contributed by atoms with Gasteiger partial charge in [0.05, 0.1) is 19.3 Å². The van der Waals surface area contributed by atoms with Gasteiger partial charge in [0.2, 0.25) is 0 Å². The summed E-state index contributed by atoms with van der Waals surface area (Å²) in [6, 6.07) is 9.94. The molecule has 1 aromatic carbocycles. The fourth-order valence-electron chi connectivity index (χ4n) is 3.94. The van der Waals surface area contributed by atoms with Crippen LogP contribution < -0.4 is 5.32 Å². The van der Waals surface area contributed by atoms with Crippen LogP contribution in [0.15, 0.2) is 30.3 Å². The molecule has 0 bridgehead atoms. The Labute approximate surface area is 141 Å². The maximum Gasteiger partial charge on any atom is 0.253 e. The van der Waals surface area contributed by atoms with Crippen LogP contribution >= 0.6 is 0 Å². The van der Waals surface area contributed by atoms with Crippen LogP contribution in [0.5, 0.6) is 0 Å². The minimum absolute atomic E-state index is 0.0519. The van der Waals surface area contributed by atoms with Gasteiger partial charge in [0.1, 0.15) is 18.3 Å². The standard InChI is InChI=1S/C18H24N2O4/c21-15-11-24-16-14(10-23-17(15)16)19-13-6-8-20(9-7-13)18(22)12-4-2-1-3-5-12/h1-5,13-17,19,21H,6-11H2/t14-,15+,16+,17+/m0/s1. The molecule has 3 aliphatic heterocycles. The summed E-state index contributed by atoms with van der Waals surface area (Å²) in [5, 5.41) is 13.4. The number of hydrogen-bond acceptors (Lipinski definition) is 5. The molecule has 1 amide bonds. The lowest BCUT2D eigenvalue weighted by atomic mass is 10.0. The SMILES string of the molecule is O=C(c1ccccc1)N1CCC(N[C@H]2CO[C@H]3[C@@H]2OC[C@H]3O)CC1. The van der Waals surface area contributed by atoms with Gasteiger partial charge in [-0.1, -0.05) is 18.2 Å². The van der Waals surface area contributed by atoms with E-state index in [9.17, 15) is 9.90 Å². The number of rotatable bonds is 3. The Bertz CT molecular complexity index is 574. The van der Waals surface area contributed by atoms with E-state index in [1.54, 1.807) is 0 Å². The number of hydrogen-bond donors (Lipinski definition) is 2. The van der Waals surface area contributed by atoms with Crippen molar-refractivity contribution >= 4 is 5.91 Å². The van der Waals surface area contributed by atoms with E-state index in [4.69, 9.17) is 9.47 Å². The normalized spacial score (nSPS) is 33.6. The summed E-state index contributed by atoms with van der Waals surface area (Å²) in [6.45, 7) is 2.46. The number of benzene rings is 1. The number of nitrogens with zero attached hydrogens (tertiary/aromatic N) is 1. The minimum Gasteiger partial charge on any atom is -0.388 e. The zero-order valence-electron chi connectivity index (χ0n) is 13.6. The van der Waals surface area contributed by atoms with E-state index < -0.39 is 6.10 Å². The molecule has 3 aliphatic rings. The number of aliphatic hydroxyl groups is 1. The molecule has 0 aliphatic carbocycles. The van der Waals surface area contributed by atoms with Gasteiger partial charge in [-0.3, -0.25) is 4.79 Å². The second-order valence-electron chi connectivity index (χ2n) is 6.87. The van der Waals surface area contributed by atoms with Crippen molar-refractivity contribution in [1.82, 2.24) is 10.2 Å². The van der Waals surface area contributed by atoms with Crippen molar-refractivity contribution in [2.45, 2.75) is 43.2 Å². The molecule has 0 saturated carbocycles. The third-order valence-electron chi connectivity index (χ3n) is 5.28. The first kappa shape index (κ1) is 16.0. The van der Waals surface area contributed by atoms with Crippen molar-refractivity contribution in [2.24, 2.45) is 0 Å². The van der Waals surface area contributed by atoms with Gasteiger partial charge in [0.25, 0.3) is 5.91 Å². The Balaban J connectivity index is 1.28. The van der Waals surface area contributed by atoms with Crippen LogP contribution in [-0.4, -0.2) is 72.6 Å². The fraction of sp³-hybridized carbons (Fsp3) is 0.611. The number of aliphatic hydroxyl groups excluding tert-OH is 1. The first-order valence-corrected chi connectivity index (χ1v) is 8.74. The number of piperidine rings is 1. The predicted octanol–water partition coefficient (Wildman–Crippen LogP) is 0.408. The van der Waals surface area contributed by atoms with Gasteiger partial charge in [0, 0.05) is 24.7 Å². The molecular weight excluding hydrogens is 308 g/mol. The molecule has 6 heteroatoms. The average Bonchev–Trinajstić information content (AvgIpc) is 3.19. The highest BCUT2D eigenvalue weighted by Crippen LogP contribution is 2.28. The molecule has 0 spiro atoms. The number of carbonyl (C=O) groups excluding carboxylic acids is 1. The zero-order valence-corrected chi connectivity index (χ0v) is 13.6. The van der Waals surface area contributed by atoms with Gasteiger partial charge >= 0.3 is 0 Å². The minimum atomic E-state index is -0.507. The lowest BCUT2D eigenvalue weighted by Crippen LogP contribution is -2.51. The summed E-state index contributed by atoms with van der Waals surface area (Å²) >= 11 is 0. The van der Waals surface area contributed by atoms with Crippen molar-refractivity contribution in [1.29, 1.82) is 0 Å². The molecule has 0 unspecified atom stereocenters. The molecule has 3 fully saturated rings. The van der Waals surface area contributed by atoms with Crippen LogP contribution in [-0.2, 0) is 9.47 Å². The highest BCUT2D eigenvalue weighted by atomic mass is 16.6. The van der Waals surface area contributed by atoms with E-state index >= 15 is 0 Å². The Morgan fingerprint density at radius 1 is 1.08 bits per heavy atom. The Hall–Kier alpha value is -1.47. The van der Waals surface area contributed by atoms with E-state index in [0.717, 1.165) is 31.5 Å². The van der Waals surface area contributed by atoms with E-state index in [-0.39, 0.29) is 24.2 Å². The summed E-state index contributed by atoms with van der Waals surface area (Å²) in [5.41, 5.74) is 0.754. The van der Waals surface area contributed by atoms with E-state index in [0.29, 0.717) is 19.3 Å². The molecule has 3 saturated heterocycles. The molecule has 4 atom stereocenters. The number of ether oxygens (including phenoxy) is 2. The van der Waals surface area contributed by atoms with Crippen LogP contribution in [0.4, 0.5) is 0 Å². The molecule has 130 valence electrons. The molecule has 4 rings (SSSR count). The zero-order chi connectivity index (χ0) is 16.5. The van der Waals surface area contributed by atoms with Gasteiger partial charge < -0.3 is 24.8 Å². The summed E-state index contributed by atoms with van der Waals surface area (Å²) in [6.07, 6.45) is 1.10. The smallest absolute Gasteiger partial charge is 0.253 e. The average molecular weight is 332 g/mol. The maximum atomic E-state index is 12.5. The van der Waals surface area contributed by atoms with Crippen LogP contribution in [0.25, 0.3) is 0 Å². The van der Waals surface area contributed by atoms with Crippen molar-refractivity contribution in [3.05, 3.63) is 35.9 Å². The third kappa shape index (κ3) is 3.07. The van der Waals surface area contributed by atoms with Crippen LogP contribution in [0, 0.1) is 0 Å². The fourth-order valence-corrected chi connectivity index (χ4v) is 3.94. The van der Waals surface area contributed by atoms with Gasteiger partial charge in [0.15, 0.2) is 0 Å². The molecule has 6 nitrogen and oxygen atoms in total. The van der Waals surface area contributed by atoms with Crippen LogP contribution in [0.2, 0.25) is 0 Å². The van der Waals surface area contributed by atoms with Crippen molar-refractivity contribution in [3.8, 4) is 0 Å². The predicted molar refractivity (Wildman–Crippen MR) is 87.8 cm³/mol. The lowest BCUT2D eigenvalue weighted by Gasteiger charge is -2.34. The molecule has 1 aromatic rings. The quantitative estimate of drug-likeness (QED) is 0.839. The number of amides is 1. The third-order valence-corrected chi connectivity index (χ3v) is 5.28. The summed E-state index contributed by atoms with van der Waals surface area (Å²) < 4.78 is 11.3. The second kappa shape index (κ2) is 6.80. The van der Waals surface area contributed by atoms with Crippen molar-refractivity contribution in [2.75, 3.05) is 26.3 Å². The highest BCUT2D eigenvalue weighted by molar-refractivity contribution is 5.94. The number of likely N-dealkylation sites (tertiary alicyclic amines) is 1. The first-order chi connectivity index (χ1) is 11.7.